The van der Waals surface area contributed by atoms with Gasteiger partial charge in [-0.15, -0.1) is 0 Å². The summed E-state index contributed by atoms with van der Waals surface area (Å²) in [5.74, 6) is 0. The molecule has 0 bridgehead atoms. The number of nitrogens with zero attached hydrogens (tertiary/aromatic N) is 3. The average Bonchev–Trinajstić information content (AvgIpc) is 2.97. The molecule has 1 heterocycles. The Bertz CT molecular complexity index is 1160. The molecule has 28 heavy (non-hydrogen) atoms. The molecule has 0 atom stereocenters. The summed E-state index contributed by atoms with van der Waals surface area (Å²) in [6, 6.07) is 15.4. The van der Waals surface area contributed by atoms with Crippen LogP contribution < -0.4 is 4.31 Å². The summed E-state index contributed by atoms with van der Waals surface area (Å²) in [4.78, 5) is 0. The van der Waals surface area contributed by atoms with Crippen LogP contribution in [0.15, 0.2) is 42.5 Å². The highest BCUT2D eigenvalue weighted by Gasteiger charge is 2.20. The summed E-state index contributed by atoms with van der Waals surface area (Å²) in [5.41, 5.74) is 4.89. The van der Waals surface area contributed by atoms with E-state index in [-0.39, 0.29) is 13.2 Å². The normalized spacial score (nSPS) is 11.5. The average molecular weight is 398 g/mol. The molecule has 0 fully saturated rings. The summed E-state index contributed by atoms with van der Waals surface area (Å²) in [6.07, 6.45) is 1.11. The minimum Gasteiger partial charge on any atom is -0.394 e. The highest BCUT2D eigenvalue weighted by molar-refractivity contribution is 7.92. The van der Waals surface area contributed by atoms with Gasteiger partial charge in [-0.25, -0.2) is 8.42 Å². The highest BCUT2D eigenvalue weighted by Crippen LogP contribution is 2.35. The second kappa shape index (κ2) is 7.66. The van der Waals surface area contributed by atoms with Crippen LogP contribution in [-0.4, -0.2) is 37.5 Å². The zero-order valence-corrected chi connectivity index (χ0v) is 17.0. The Kier molecular flexibility index (Phi) is 5.45. The lowest BCUT2D eigenvalue weighted by Gasteiger charge is -2.21. The maximum absolute atomic E-state index is 12.0. The Morgan fingerprint density at radius 3 is 2.39 bits per heavy atom. The number of aliphatic hydroxyl groups is 1. The summed E-state index contributed by atoms with van der Waals surface area (Å²) >= 11 is 0. The first-order valence-corrected chi connectivity index (χ1v) is 10.9. The van der Waals surface area contributed by atoms with Crippen molar-refractivity contribution in [3.63, 3.8) is 0 Å². The van der Waals surface area contributed by atoms with E-state index in [4.69, 9.17) is 0 Å². The van der Waals surface area contributed by atoms with E-state index in [2.05, 4.69) is 16.7 Å². The predicted molar refractivity (Wildman–Crippen MR) is 112 cm³/mol. The van der Waals surface area contributed by atoms with Gasteiger partial charge in [-0.1, -0.05) is 24.3 Å². The Morgan fingerprint density at radius 1 is 1.18 bits per heavy atom. The molecule has 2 aromatic carbocycles. The van der Waals surface area contributed by atoms with E-state index in [1.165, 1.54) is 4.31 Å². The van der Waals surface area contributed by atoms with Gasteiger partial charge in [0.15, 0.2) is 0 Å². The molecule has 0 radical (unpaired) electrons. The Morgan fingerprint density at radius 2 is 1.86 bits per heavy atom. The van der Waals surface area contributed by atoms with Crippen molar-refractivity contribution in [3.8, 4) is 17.3 Å². The van der Waals surface area contributed by atoms with Gasteiger partial charge in [0.25, 0.3) is 0 Å². The van der Waals surface area contributed by atoms with Gasteiger partial charge in [-0.05, 0) is 43.2 Å². The fourth-order valence-electron chi connectivity index (χ4n) is 3.56. The van der Waals surface area contributed by atoms with Gasteiger partial charge >= 0.3 is 0 Å². The van der Waals surface area contributed by atoms with Gasteiger partial charge in [0.2, 0.25) is 10.0 Å². The van der Waals surface area contributed by atoms with Gasteiger partial charge < -0.3 is 9.67 Å². The van der Waals surface area contributed by atoms with Crippen molar-refractivity contribution in [2.75, 3.05) is 23.7 Å². The first kappa shape index (κ1) is 19.9. The van der Waals surface area contributed by atoms with Gasteiger partial charge in [0, 0.05) is 11.9 Å². The standard InChI is InChI=1S/C21H23N3O3S/c1-4-23-20-13-15(2)5-10-18(20)19(14-22)21(23)16-6-8-17(9-7-16)24(11-12-25)28(3,26)27/h5-10,13,25H,4,11-12H2,1-3H3. The van der Waals surface area contributed by atoms with E-state index >= 15 is 0 Å². The summed E-state index contributed by atoms with van der Waals surface area (Å²) in [5, 5.41) is 19.9. The first-order chi connectivity index (χ1) is 13.3. The molecule has 3 aromatic rings. The van der Waals surface area contributed by atoms with Crippen LogP contribution in [0.2, 0.25) is 0 Å². The molecule has 1 N–H and O–H groups in total. The third-order valence-corrected chi connectivity index (χ3v) is 5.97. The summed E-state index contributed by atoms with van der Waals surface area (Å²) in [7, 11) is -3.49. The van der Waals surface area contributed by atoms with Crippen molar-refractivity contribution in [1.29, 1.82) is 5.26 Å². The molecular weight excluding hydrogens is 374 g/mol. The maximum atomic E-state index is 12.0. The molecule has 0 aliphatic carbocycles. The molecule has 1 aromatic heterocycles. The third kappa shape index (κ3) is 3.49. The lowest BCUT2D eigenvalue weighted by Crippen LogP contribution is -2.32. The van der Waals surface area contributed by atoms with E-state index in [0.717, 1.165) is 34.0 Å². The molecule has 3 rings (SSSR count). The largest absolute Gasteiger partial charge is 0.394 e. The van der Waals surface area contributed by atoms with Crippen LogP contribution in [0, 0.1) is 18.3 Å². The molecule has 0 aliphatic rings. The minimum atomic E-state index is -3.49. The topological polar surface area (TPSA) is 86.3 Å². The number of hydrogen-bond acceptors (Lipinski definition) is 4. The Hall–Kier alpha value is -2.82. The van der Waals surface area contributed by atoms with Crippen molar-refractivity contribution in [2.24, 2.45) is 0 Å². The number of benzene rings is 2. The van der Waals surface area contributed by atoms with Crippen LogP contribution in [0.25, 0.3) is 22.2 Å². The van der Waals surface area contributed by atoms with Crippen molar-refractivity contribution >= 4 is 26.6 Å². The minimum absolute atomic E-state index is 0.00384. The molecule has 0 saturated heterocycles. The molecule has 0 aliphatic heterocycles. The van der Waals surface area contributed by atoms with Gasteiger partial charge in [0.1, 0.15) is 6.07 Å². The van der Waals surface area contributed by atoms with Crippen LogP contribution in [0.5, 0.6) is 0 Å². The molecule has 0 unspecified atom stereocenters. The number of aliphatic hydroxyl groups excluding tert-OH is 1. The van der Waals surface area contributed by atoms with Crippen LogP contribution in [0.3, 0.4) is 0 Å². The van der Waals surface area contributed by atoms with E-state index in [1.54, 1.807) is 12.1 Å². The highest BCUT2D eigenvalue weighted by atomic mass is 32.2. The number of aryl methyl sites for hydroxylation is 2. The number of aromatic nitrogens is 1. The molecule has 0 saturated carbocycles. The molecule has 0 amide bonds. The number of sulfonamides is 1. The van der Waals surface area contributed by atoms with Gasteiger partial charge in [-0.3, -0.25) is 4.31 Å². The Labute approximate surface area is 165 Å². The molecule has 0 spiro atoms. The van der Waals surface area contributed by atoms with Crippen molar-refractivity contribution in [2.45, 2.75) is 20.4 Å². The molecule has 6 nitrogen and oxygen atoms in total. The maximum Gasteiger partial charge on any atom is 0.232 e. The summed E-state index contributed by atoms with van der Waals surface area (Å²) in [6.45, 7) is 4.49. The van der Waals surface area contributed by atoms with Gasteiger partial charge in [0.05, 0.1) is 41.9 Å². The second-order valence-electron chi connectivity index (χ2n) is 6.71. The smallest absolute Gasteiger partial charge is 0.232 e. The fraction of sp³-hybridized carbons (Fsp3) is 0.286. The summed E-state index contributed by atoms with van der Waals surface area (Å²) < 4.78 is 27.3. The quantitative estimate of drug-likeness (QED) is 0.692. The van der Waals surface area contributed by atoms with Gasteiger partial charge in [-0.2, -0.15) is 5.26 Å². The number of rotatable bonds is 6. The second-order valence-corrected chi connectivity index (χ2v) is 8.61. The van der Waals surface area contributed by atoms with Crippen molar-refractivity contribution in [3.05, 3.63) is 53.6 Å². The fourth-order valence-corrected chi connectivity index (χ4v) is 4.48. The van der Waals surface area contributed by atoms with Crippen LogP contribution in [0.4, 0.5) is 5.69 Å². The van der Waals surface area contributed by atoms with Crippen LogP contribution >= 0.6 is 0 Å². The zero-order chi connectivity index (χ0) is 20.5. The number of hydrogen-bond donors (Lipinski definition) is 1. The number of fused-ring (bicyclic) bond motifs is 1. The number of anilines is 1. The lowest BCUT2D eigenvalue weighted by atomic mass is 10.1. The number of nitriles is 1. The van der Waals surface area contributed by atoms with E-state index < -0.39 is 10.0 Å². The van der Waals surface area contributed by atoms with Crippen LogP contribution in [-0.2, 0) is 16.6 Å². The van der Waals surface area contributed by atoms with E-state index in [1.807, 2.05) is 38.1 Å². The third-order valence-electron chi connectivity index (χ3n) is 4.78. The van der Waals surface area contributed by atoms with E-state index in [9.17, 15) is 18.8 Å². The van der Waals surface area contributed by atoms with Crippen LogP contribution in [0.1, 0.15) is 18.1 Å². The monoisotopic (exact) mass is 397 g/mol. The SMILES string of the molecule is CCn1c(-c2ccc(N(CCO)S(C)(=O)=O)cc2)c(C#N)c2ccc(C)cc21. The molecule has 7 heteroatoms. The molecular formula is C21H23N3O3S. The van der Waals surface area contributed by atoms with E-state index in [0.29, 0.717) is 17.8 Å². The zero-order valence-electron chi connectivity index (χ0n) is 16.2. The predicted octanol–water partition coefficient (Wildman–Crippen LogP) is 3.27. The lowest BCUT2D eigenvalue weighted by molar-refractivity contribution is 0.307. The van der Waals surface area contributed by atoms with Crippen molar-refractivity contribution < 1.29 is 13.5 Å². The van der Waals surface area contributed by atoms with Crippen molar-refractivity contribution in [1.82, 2.24) is 4.57 Å². The first-order valence-electron chi connectivity index (χ1n) is 9.03. The Balaban J connectivity index is 2.17. The molecule has 146 valence electrons.